The molecule has 180 valence electrons. The monoisotopic (exact) mass is 442 g/mol. The van der Waals surface area contributed by atoms with Crippen molar-refractivity contribution in [1.82, 2.24) is 0 Å². The molecule has 3 aliphatic carbocycles. The highest BCUT2D eigenvalue weighted by atomic mass is 19.2. The lowest BCUT2D eigenvalue weighted by molar-refractivity contribution is -0.0314. The zero-order valence-electron chi connectivity index (χ0n) is 18.1. The fraction of sp³-hybridized carbons (Fsp3) is 0.913. The summed E-state index contributed by atoms with van der Waals surface area (Å²) in [7, 11) is 0. The van der Waals surface area contributed by atoms with Crippen LogP contribution in [0.3, 0.4) is 0 Å². The van der Waals surface area contributed by atoms with Crippen molar-refractivity contribution < 1.29 is 34.0 Å². The van der Waals surface area contributed by atoms with E-state index in [0.717, 1.165) is 57.8 Å². The molecule has 0 radical (unpaired) electrons. The Morgan fingerprint density at radius 2 is 1.13 bits per heavy atom. The van der Waals surface area contributed by atoms with Gasteiger partial charge in [-0.1, -0.05) is 13.0 Å². The summed E-state index contributed by atoms with van der Waals surface area (Å²) in [4.78, 5) is 0. The van der Waals surface area contributed by atoms with Crippen LogP contribution in [0.1, 0.15) is 71.1 Å². The van der Waals surface area contributed by atoms with Crippen molar-refractivity contribution in [2.75, 3.05) is 0 Å². The standard InChI is InChI=1S/C23H36F4.3H2O/c1-3-4-5-17-11-13-19(23(27)21(17)25)16-9-7-15(8-10-16)18-12-6-14(2)20(24)22(18)26;;;/h3,14-23H,1,4-13H2,2H3;3*1H2. The number of halogens is 4. The first-order valence-corrected chi connectivity index (χ1v) is 11.1. The Balaban J connectivity index is 0.00000280. The maximum atomic E-state index is 14.8. The molecular formula is C23H42F4O3. The van der Waals surface area contributed by atoms with Gasteiger partial charge in [0.1, 0.15) is 24.7 Å². The van der Waals surface area contributed by atoms with Gasteiger partial charge in [-0.05, 0) is 99.7 Å². The van der Waals surface area contributed by atoms with Crippen molar-refractivity contribution in [2.24, 2.45) is 35.5 Å². The third kappa shape index (κ3) is 6.19. The molecule has 3 nitrogen and oxygen atoms in total. The molecule has 8 atom stereocenters. The highest BCUT2D eigenvalue weighted by Crippen LogP contribution is 2.48. The maximum absolute atomic E-state index is 14.8. The number of alkyl halides is 4. The predicted octanol–water partition coefficient (Wildman–Crippen LogP) is 4.71. The van der Waals surface area contributed by atoms with Crippen LogP contribution in [-0.4, -0.2) is 41.1 Å². The van der Waals surface area contributed by atoms with Crippen LogP contribution in [0.25, 0.3) is 0 Å². The van der Waals surface area contributed by atoms with Crippen LogP contribution in [0.15, 0.2) is 12.7 Å². The average molecular weight is 443 g/mol. The second-order valence-electron chi connectivity index (χ2n) is 9.54. The summed E-state index contributed by atoms with van der Waals surface area (Å²) < 4.78 is 58.0. The Morgan fingerprint density at radius 1 is 0.667 bits per heavy atom. The van der Waals surface area contributed by atoms with Crippen molar-refractivity contribution >= 4 is 0 Å². The number of allylic oxidation sites excluding steroid dienone is 1. The van der Waals surface area contributed by atoms with E-state index in [1.165, 1.54) is 0 Å². The van der Waals surface area contributed by atoms with Crippen LogP contribution in [-0.2, 0) is 0 Å². The molecule has 0 bridgehead atoms. The fourth-order valence-electron chi connectivity index (χ4n) is 6.17. The first kappa shape index (κ1) is 29.3. The molecule has 30 heavy (non-hydrogen) atoms. The van der Waals surface area contributed by atoms with E-state index >= 15 is 0 Å². The van der Waals surface area contributed by atoms with E-state index in [0.29, 0.717) is 6.42 Å². The van der Waals surface area contributed by atoms with Gasteiger partial charge in [0, 0.05) is 0 Å². The molecule has 0 spiro atoms. The summed E-state index contributed by atoms with van der Waals surface area (Å²) in [6, 6.07) is 0. The van der Waals surface area contributed by atoms with Gasteiger partial charge < -0.3 is 16.4 Å². The zero-order chi connectivity index (χ0) is 19.6. The third-order valence-corrected chi connectivity index (χ3v) is 8.02. The van der Waals surface area contributed by atoms with E-state index in [1.54, 1.807) is 13.0 Å². The van der Waals surface area contributed by atoms with Crippen LogP contribution in [0.5, 0.6) is 0 Å². The van der Waals surface area contributed by atoms with E-state index in [-0.39, 0.29) is 51.9 Å². The normalized spacial score (nSPS) is 44.0. The largest absolute Gasteiger partial charge is 0.412 e. The highest BCUT2D eigenvalue weighted by Gasteiger charge is 2.46. The van der Waals surface area contributed by atoms with E-state index in [9.17, 15) is 17.6 Å². The SMILES string of the molecule is C=CCCC1CCC(C2CCC(C3CCC(C)C(F)C3F)CC2)C(F)C1F.O.O.O. The smallest absolute Gasteiger partial charge is 0.134 e. The Morgan fingerprint density at radius 3 is 1.63 bits per heavy atom. The average Bonchev–Trinajstić information content (AvgIpc) is 2.68. The van der Waals surface area contributed by atoms with E-state index < -0.39 is 24.7 Å². The number of hydrogen-bond donors (Lipinski definition) is 0. The molecule has 3 rings (SSSR count). The van der Waals surface area contributed by atoms with Crippen LogP contribution >= 0.6 is 0 Å². The molecule has 0 amide bonds. The minimum absolute atomic E-state index is 0. The third-order valence-electron chi connectivity index (χ3n) is 8.02. The van der Waals surface area contributed by atoms with Gasteiger partial charge in [-0.3, -0.25) is 0 Å². The van der Waals surface area contributed by atoms with Crippen molar-refractivity contribution in [3.8, 4) is 0 Å². The van der Waals surface area contributed by atoms with Crippen LogP contribution in [0, 0.1) is 35.5 Å². The van der Waals surface area contributed by atoms with Crippen LogP contribution < -0.4 is 0 Å². The van der Waals surface area contributed by atoms with Gasteiger partial charge in [-0.2, -0.15) is 0 Å². The molecule has 0 aliphatic heterocycles. The second-order valence-corrected chi connectivity index (χ2v) is 9.54. The maximum Gasteiger partial charge on any atom is 0.134 e. The summed E-state index contributed by atoms with van der Waals surface area (Å²) in [6.45, 7) is 5.47. The Hall–Kier alpha value is -0.660. The van der Waals surface area contributed by atoms with Crippen molar-refractivity contribution in [1.29, 1.82) is 0 Å². The van der Waals surface area contributed by atoms with E-state index in [2.05, 4.69) is 6.58 Å². The molecule has 3 aliphatic rings. The van der Waals surface area contributed by atoms with Crippen LogP contribution in [0.2, 0.25) is 0 Å². The highest BCUT2D eigenvalue weighted by molar-refractivity contribution is 4.95. The molecule has 6 N–H and O–H groups in total. The van der Waals surface area contributed by atoms with Gasteiger partial charge in [0.2, 0.25) is 0 Å². The first-order chi connectivity index (χ1) is 12.9. The van der Waals surface area contributed by atoms with Crippen molar-refractivity contribution in [3.63, 3.8) is 0 Å². The van der Waals surface area contributed by atoms with Crippen LogP contribution in [0.4, 0.5) is 17.6 Å². The van der Waals surface area contributed by atoms with Gasteiger partial charge in [-0.15, -0.1) is 6.58 Å². The molecule has 3 fully saturated rings. The molecule has 0 saturated heterocycles. The summed E-state index contributed by atoms with van der Waals surface area (Å²) in [5, 5.41) is 0. The summed E-state index contributed by atoms with van der Waals surface area (Å²) in [5.41, 5.74) is 0. The molecular weight excluding hydrogens is 400 g/mol. The minimum atomic E-state index is -1.37. The quantitative estimate of drug-likeness (QED) is 0.435. The molecule has 7 heteroatoms. The summed E-state index contributed by atoms with van der Waals surface area (Å²) in [5.74, 6) is -0.313. The molecule has 8 unspecified atom stereocenters. The van der Waals surface area contributed by atoms with Crippen molar-refractivity contribution in [3.05, 3.63) is 12.7 Å². The Kier molecular flexibility index (Phi) is 12.7. The van der Waals surface area contributed by atoms with E-state index in [1.807, 2.05) is 0 Å². The summed E-state index contributed by atoms with van der Waals surface area (Å²) >= 11 is 0. The summed E-state index contributed by atoms with van der Waals surface area (Å²) in [6.07, 6.45) is 4.22. The zero-order valence-corrected chi connectivity index (χ0v) is 18.1. The first-order valence-electron chi connectivity index (χ1n) is 11.1. The lowest BCUT2D eigenvalue weighted by Crippen LogP contribution is -2.44. The number of hydrogen-bond acceptors (Lipinski definition) is 0. The van der Waals surface area contributed by atoms with Crippen molar-refractivity contribution in [2.45, 2.75) is 95.8 Å². The minimum Gasteiger partial charge on any atom is -0.412 e. The lowest BCUT2D eigenvalue weighted by Gasteiger charge is -2.44. The number of rotatable bonds is 5. The molecule has 0 aromatic rings. The molecule has 0 aromatic carbocycles. The Labute approximate surface area is 178 Å². The van der Waals surface area contributed by atoms with Gasteiger partial charge in [0.15, 0.2) is 0 Å². The van der Waals surface area contributed by atoms with E-state index in [4.69, 9.17) is 0 Å². The Bertz CT molecular complexity index is 487. The van der Waals surface area contributed by atoms with Gasteiger partial charge in [0.25, 0.3) is 0 Å². The van der Waals surface area contributed by atoms with Gasteiger partial charge >= 0.3 is 0 Å². The molecule has 0 heterocycles. The topological polar surface area (TPSA) is 94.5 Å². The second kappa shape index (κ2) is 13.0. The predicted molar refractivity (Wildman–Crippen MR) is 113 cm³/mol. The fourth-order valence-corrected chi connectivity index (χ4v) is 6.17. The molecule has 3 saturated carbocycles. The van der Waals surface area contributed by atoms with Gasteiger partial charge in [0.05, 0.1) is 0 Å². The lowest BCUT2D eigenvalue weighted by atomic mass is 9.63. The molecule has 0 aromatic heterocycles. The van der Waals surface area contributed by atoms with Gasteiger partial charge in [-0.25, -0.2) is 17.6 Å².